The summed E-state index contributed by atoms with van der Waals surface area (Å²) in [5.74, 6) is 1.69. The van der Waals surface area contributed by atoms with Crippen LogP contribution in [0.3, 0.4) is 0 Å². The van der Waals surface area contributed by atoms with Gasteiger partial charge in [0.25, 0.3) is 0 Å². The fourth-order valence-corrected chi connectivity index (χ4v) is 3.87. The van der Waals surface area contributed by atoms with E-state index in [0.29, 0.717) is 39.9 Å². The van der Waals surface area contributed by atoms with Crippen molar-refractivity contribution < 1.29 is 14.3 Å². The van der Waals surface area contributed by atoms with Crippen molar-refractivity contribution in [3.63, 3.8) is 0 Å². The van der Waals surface area contributed by atoms with E-state index in [1.54, 1.807) is 24.3 Å². The predicted octanol–water partition coefficient (Wildman–Crippen LogP) is 4.78. The lowest BCUT2D eigenvalue weighted by atomic mass is 10.1. The van der Waals surface area contributed by atoms with Gasteiger partial charge >= 0.3 is 0 Å². The number of nitrogens with zero attached hydrogens (tertiary/aromatic N) is 2. The SMILES string of the molecule is Cc1ccc(-c2ccc(C#N)c(SCCC(=O)Nc3ccc4c(c3)OCO4)n2)cc1. The van der Waals surface area contributed by atoms with Crippen LogP contribution in [0.25, 0.3) is 11.3 Å². The molecule has 0 saturated heterocycles. The van der Waals surface area contributed by atoms with Crippen molar-refractivity contribution in [1.82, 2.24) is 4.98 Å². The second-order valence-electron chi connectivity index (χ2n) is 6.74. The first kappa shape index (κ1) is 19.8. The number of hydrogen-bond donors (Lipinski definition) is 1. The second kappa shape index (κ2) is 8.89. The van der Waals surface area contributed by atoms with Crippen molar-refractivity contribution in [2.24, 2.45) is 0 Å². The van der Waals surface area contributed by atoms with Crippen molar-refractivity contribution in [2.45, 2.75) is 18.4 Å². The van der Waals surface area contributed by atoms with Crippen LogP contribution in [0.4, 0.5) is 5.69 Å². The van der Waals surface area contributed by atoms with Gasteiger partial charge in [0, 0.05) is 29.5 Å². The van der Waals surface area contributed by atoms with Gasteiger partial charge in [-0.05, 0) is 31.2 Å². The van der Waals surface area contributed by atoms with Crippen LogP contribution in [0, 0.1) is 18.3 Å². The van der Waals surface area contributed by atoms with Crippen molar-refractivity contribution in [3.05, 3.63) is 65.7 Å². The molecule has 1 N–H and O–H groups in total. The average molecular weight is 417 g/mol. The number of fused-ring (bicyclic) bond motifs is 1. The van der Waals surface area contributed by atoms with E-state index in [2.05, 4.69) is 16.4 Å². The number of nitriles is 1. The third kappa shape index (κ3) is 4.56. The first-order chi connectivity index (χ1) is 14.6. The molecule has 1 aliphatic heterocycles. The Labute approximate surface area is 178 Å². The van der Waals surface area contributed by atoms with Crippen molar-refractivity contribution in [1.29, 1.82) is 5.26 Å². The van der Waals surface area contributed by atoms with Crippen LogP contribution in [-0.2, 0) is 4.79 Å². The Morgan fingerprint density at radius 3 is 2.73 bits per heavy atom. The van der Waals surface area contributed by atoms with E-state index in [-0.39, 0.29) is 12.7 Å². The van der Waals surface area contributed by atoms with Gasteiger partial charge in [0.2, 0.25) is 12.7 Å². The van der Waals surface area contributed by atoms with Gasteiger partial charge in [-0.15, -0.1) is 11.8 Å². The third-order valence-electron chi connectivity index (χ3n) is 4.55. The number of rotatable bonds is 6. The Hall–Kier alpha value is -3.50. The van der Waals surface area contributed by atoms with Gasteiger partial charge in [0.1, 0.15) is 11.1 Å². The summed E-state index contributed by atoms with van der Waals surface area (Å²) in [5, 5.41) is 12.9. The van der Waals surface area contributed by atoms with Crippen molar-refractivity contribution >= 4 is 23.4 Å². The molecule has 0 radical (unpaired) electrons. The van der Waals surface area contributed by atoms with E-state index in [0.717, 1.165) is 11.3 Å². The lowest BCUT2D eigenvalue weighted by Crippen LogP contribution is -2.12. The average Bonchev–Trinajstić information content (AvgIpc) is 3.22. The highest BCUT2D eigenvalue weighted by Crippen LogP contribution is 2.34. The number of ether oxygens (including phenoxy) is 2. The predicted molar refractivity (Wildman–Crippen MR) is 116 cm³/mol. The van der Waals surface area contributed by atoms with Gasteiger partial charge in [-0.1, -0.05) is 29.8 Å². The molecule has 3 aromatic rings. The van der Waals surface area contributed by atoms with Crippen LogP contribution in [0.2, 0.25) is 0 Å². The Balaban J connectivity index is 1.38. The van der Waals surface area contributed by atoms with Crippen LogP contribution in [0.5, 0.6) is 11.5 Å². The number of nitrogens with one attached hydrogen (secondary N) is 1. The number of amides is 1. The normalized spacial score (nSPS) is 11.7. The minimum absolute atomic E-state index is 0.116. The highest BCUT2D eigenvalue weighted by Gasteiger charge is 2.14. The van der Waals surface area contributed by atoms with E-state index in [1.807, 2.05) is 37.3 Å². The molecule has 0 spiro atoms. The Morgan fingerprint density at radius 1 is 1.13 bits per heavy atom. The zero-order chi connectivity index (χ0) is 20.9. The molecule has 2 aromatic carbocycles. The van der Waals surface area contributed by atoms with Crippen LogP contribution >= 0.6 is 11.8 Å². The molecule has 0 aliphatic carbocycles. The fourth-order valence-electron chi connectivity index (χ4n) is 2.96. The van der Waals surface area contributed by atoms with E-state index in [1.165, 1.54) is 17.3 Å². The van der Waals surface area contributed by atoms with Gasteiger partial charge in [-0.3, -0.25) is 4.79 Å². The topological polar surface area (TPSA) is 84.2 Å². The Kier molecular flexibility index (Phi) is 5.87. The largest absolute Gasteiger partial charge is 0.454 e. The van der Waals surface area contributed by atoms with Gasteiger partial charge in [-0.25, -0.2) is 4.98 Å². The van der Waals surface area contributed by atoms with Crippen LogP contribution in [0.1, 0.15) is 17.5 Å². The number of thioether (sulfide) groups is 1. The highest BCUT2D eigenvalue weighted by atomic mass is 32.2. The zero-order valence-corrected chi connectivity index (χ0v) is 17.2. The highest BCUT2D eigenvalue weighted by molar-refractivity contribution is 7.99. The molecule has 30 heavy (non-hydrogen) atoms. The van der Waals surface area contributed by atoms with E-state index < -0.39 is 0 Å². The number of pyridine rings is 1. The summed E-state index contributed by atoms with van der Waals surface area (Å²) in [7, 11) is 0. The second-order valence-corrected chi connectivity index (χ2v) is 7.83. The maximum Gasteiger partial charge on any atom is 0.231 e. The van der Waals surface area contributed by atoms with Gasteiger partial charge in [0.05, 0.1) is 11.3 Å². The molecular weight excluding hydrogens is 398 g/mol. The molecule has 7 heteroatoms. The quantitative estimate of drug-likeness (QED) is 0.581. The molecule has 2 heterocycles. The molecule has 1 amide bonds. The molecule has 0 fully saturated rings. The van der Waals surface area contributed by atoms with Gasteiger partial charge in [-0.2, -0.15) is 5.26 Å². The van der Waals surface area contributed by atoms with Crippen molar-refractivity contribution in [3.8, 4) is 28.8 Å². The molecule has 0 atom stereocenters. The lowest BCUT2D eigenvalue weighted by Gasteiger charge is -2.08. The molecule has 4 rings (SSSR count). The van der Waals surface area contributed by atoms with E-state index in [9.17, 15) is 10.1 Å². The number of carbonyl (C=O) groups excluding carboxylic acids is 1. The minimum Gasteiger partial charge on any atom is -0.454 e. The smallest absolute Gasteiger partial charge is 0.231 e. The van der Waals surface area contributed by atoms with Gasteiger partial charge < -0.3 is 14.8 Å². The van der Waals surface area contributed by atoms with Gasteiger partial charge in [0.15, 0.2) is 11.5 Å². The summed E-state index contributed by atoms with van der Waals surface area (Å²) >= 11 is 1.40. The molecule has 0 unspecified atom stereocenters. The summed E-state index contributed by atoms with van der Waals surface area (Å²) in [4.78, 5) is 16.9. The molecule has 6 nitrogen and oxygen atoms in total. The Bertz CT molecular complexity index is 1120. The van der Waals surface area contributed by atoms with Crippen LogP contribution < -0.4 is 14.8 Å². The number of aromatic nitrogens is 1. The molecule has 0 saturated carbocycles. The van der Waals surface area contributed by atoms with E-state index in [4.69, 9.17) is 9.47 Å². The molecular formula is C23H19N3O3S. The Morgan fingerprint density at radius 2 is 1.93 bits per heavy atom. The van der Waals surface area contributed by atoms with Crippen LogP contribution in [0.15, 0.2) is 59.6 Å². The summed E-state index contributed by atoms with van der Waals surface area (Å²) in [5.41, 5.74) is 4.14. The molecule has 0 bridgehead atoms. The standard InChI is InChI=1S/C23H19N3O3S/c1-15-2-4-16(5-3-15)19-8-6-17(13-24)23(26-19)30-11-10-22(27)25-18-7-9-20-21(12-18)29-14-28-20/h2-9,12H,10-11,14H2,1H3,(H,25,27). The number of hydrogen-bond acceptors (Lipinski definition) is 6. The monoisotopic (exact) mass is 417 g/mol. The summed E-state index contributed by atoms with van der Waals surface area (Å²) in [6.45, 7) is 2.23. The number of benzene rings is 2. The summed E-state index contributed by atoms with van der Waals surface area (Å²) in [6.07, 6.45) is 0.292. The van der Waals surface area contributed by atoms with Crippen molar-refractivity contribution in [2.75, 3.05) is 17.9 Å². The van der Waals surface area contributed by atoms with Crippen LogP contribution in [-0.4, -0.2) is 23.4 Å². The number of aryl methyl sites for hydroxylation is 1. The molecule has 1 aromatic heterocycles. The first-order valence-corrected chi connectivity index (χ1v) is 10.4. The fraction of sp³-hybridized carbons (Fsp3) is 0.174. The first-order valence-electron chi connectivity index (χ1n) is 9.43. The summed E-state index contributed by atoms with van der Waals surface area (Å²) in [6, 6.07) is 19.2. The number of anilines is 1. The summed E-state index contributed by atoms with van der Waals surface area (Å²) < 4.78 is 10.6. The molecule has 150 valence electrons. The zero-order valence-electron chi connectivity index (χ0n) is 16.3. The molecule has 1 aliphatic rings. The number of carbonyl (C=O) groups is 1. The van der Waals surface area contributed by atoms with E-state index >= 15 is 0 Å². The third-order valence-corrected chi connectivity index (χ3v) is 5.55. The maximum absolute atomic E-state index is 12.3. The maximum atomic E-state index is 12.3. The minimum atomic E-state index is -0.116. The lowest BCUT2D eigenvalue weighted by molar-refractivity contribution is -0.115.